The fourth-order valence-electron chi connectivity index (χ4n) is 3.46. The van der Waals surface area contributed by atoms with Crippen LogP contribution in [0.3, 0.4) is 0 Å². The van der Waals surface area contributed by atoms with Crippen molar-refractivity contribution in [3.8, 4) is 11.1 Å². The maximum atomic E-state index is 12.4. The molecular formula is C20H21NO2S2. The highest BCUT2D eigenvalue weighted by atomic mass is 32.2. The molecule has 0 aromatic heterocycles. The zero-order valence-electron chi connectivity index (χ0n) is 15.0. The number of Topliss-reactive ketones (excluding diaryl/α,β-unsaturated/α-hetero) is 1. The van der Waals surface area contributed by atoms with Crippen LogP contribution in [0.2, 0.25) is 0 Å². The second-order valence-electron chi connectivity index (χ2n) is 6.65. The number of rotatable bonds is 4. The molecule has 0 amide bonds. The lowest BCUT2D eigenvalue weighted by Gasteiger charge is -2.22. The first kappa shape index (κ1) is 18.1. The smallest absolute Gasteiger partial charge is 0.210 e. The van der Waals surface area contributed by atoms with Crippen molar-refractivity contribution in [2.45, 2.75) is 36.0 Å². The summed E-state index contributed by atoms with van der Waals surface area (Å²) in [7, 11) is 0. The largest absolute Gasteiger partial charge is 0.411 e. The highest BCUT2D eigenvalue weighted by Gasteiger charge is 2.36. The summed E-state index contributed by atoms with van der Waals surface area (Å²) >= 11 is 3.52. The SMILES string of the molecule is CSc1cc2c(cc1SC)C(C)(C)c1cc(C(=O)C(C)=NO)ccc1-2. The van der Waals surface area contributed by atoms with E-state index < -0.39 is 0 Å². The van der Waals surface area contributed by atoms with Crippen molar-refractivity contribution in [3.63, 3.8) is 0 Å². The van der Waals surface area contributed by atoms with Gasteiger partial charge in [0.1, 0.15) is 5.71 Å². The molecule has 3 rings (SSSR count). The average Bonchev–Trinajstić information content (AvgIpc) is 2.85. The number of carbonyl (C=O) groups is 1. The molecule has 0 heterocycles. The van der Waals surface area contributed by atoms with Crippen molar-refractivity contribution in [1.82, 2.24) is 0 Å². The van der Waals surface area contributed by atoms with Crippen LogP contribution in [0, 0.1) is 0 Å². The Morgan fingerprint density at radius 3 is 2.20 bits per heavy atom. The fraction of sp³-hybridized carbons (Fsp3) is 0.300. The highest BCUT2D eigenvalue weighted by Crippen LogP contribution is 2.51. The van der Waals surface area contributed by atoms with Gasteiger partial charge >= 0.3 is 0 Å². The van der Waals surface area contributed by atoms with Crippen LogP contribution in [0.1, 0.15) is 42.3 Å². The molecule has 0 saturated carbocycles. The van der Waals surface area contributed by atoms with Crippen LogP contribution in [0.4, 0.5) is 0 Å². The predicted octanol–water partition coefficient (Wildman–Crippen LogP) is 5.47. The summed E-state index contributed by atoms with van der Waals surface area (Å²) in [6.07, 6.45) is 4.20. The van der Waals surface area contributed by atoms with Gasteiger partial charge in [-0.2, -0.15) is 0 Å². The summed E-state index contributed by atoms with van der Waals surface area (Å²) in [4.78, 5) is 14.9. The monoisotopic (exact) mass is 371 g/mol. The summed E-state index contributed by atoms with van der Waals surface area (Å²) in [6, 6.07) is 10.3. The fourth-order valence-corrected chi connectivity index (χ4v) is 4.95. The van der Waals surface area contributed by atoms with Crippen LogP contribution < -0.4 is 0 Å². The molecule has 0 unspecified atom stereocenters. The quantitative estimate of drug-likeness (QED) is 0.255. The van der Waals surface area contributed by atoms with Crippen LogP contribution in [0.5, 0.6) is 0 Å². The molecule has 0 bridgehead atoms. The zero-order valence-corrected chi connectivity index (χ0v) is 16.6. The van der Waals surface area contributed by atoms with Crippen molar-refractivity contribution in [1.29, 1.82) is 0 Å². The Bertz CT molecular complexity index is 901. The lowest BCUT2D eigenvalue weighted by Crippen LogP contribution is -2.17. The van der Waals surface area contributed by atoms with Crippen molar-refractivity contribution in [3.05, 3.63) is 47.0 Å². The summed E-state index contributed by atoms with van der Waals surface area (Å²) < 4.78 is 0. The molecule has 0 aliphatic heterocycles. The van der Waals surface area contributed by atoms with Gasteiger partial charge in [-0.3, -0.25) is 4.79 Å². The van der Waals surface area contributed by atoms with Crippen molar-refractivity contribution < 1.29 is 10.0 Å². The van der Waals surface area contributed by atoms with Gasteiger partial charge in [0.25, 0.3) is 0 Å². The number of hydrogen-bond acceptors (Lipinski definition) is 5. The van der Waals surface area contributed by atoms with Crippen LogP contribution in [-0.4, -0.2) is 29.2 Å². The number of oxime groups is 1. The summed E-state index contributed by atoms with van der Waals surface area (Å²) in [6.45, 7) is 5.91. The molecule has 0 fully saturated rings. The summed E-state index contributed by atoms with van der Waals surface area (Å²) in [5.74, 6) is -0.244. The molecule has 2 aromatic rings. The van der Waals surface area contributed by atoms with Crippen molar-refractivity contribution >= 4 is 35.0 Å². The number of fused-ring (bicyclic) bond motifs is 3. The number of hydrogen-bond donors (Lipinski definition) is 1. The maximum absolute atomic E-state index is 12.4. The van der Waals surface area contributed by atoms with Gasteiger partial charge in [0.05, 0.1) is 0 Å². The molecule has 5 heteroatoms. The maximum Gasteiger partial charge on any atom is 0.210 e. The second kappa shape index (κ2) is 6.54. The van der Waals surface area contributed by atoms with Gasteiger partial charge in [-0.15, -0.1) is 23.5 Å². The third-order valence-corrected chi connectivity index (χ3v) is 6.61. The molecule has 3 nitrogen and oxygen atoms in total. The first-order chi connectivity index (χ1) is 11.8. The Kier molecular flexibility index (Phi) is 4.73. The number of nitrogens with zero attached hydrogens (tertiary/aromatic N) is 1. The van der Waals surface area contributed by atoms with E-state index in [0.717, 1.165) is 5.56 Å². The molecule has 1 aliphatic rings. The number of ketones is 1. The topological polar surface area (TPSA) is 49.7 Å². The zero-order chi connectivity index (χ0) is 18.4. The van der Waals surface area contributed by atoms with E-state index in [1.54, 1.807) is 23.5 Å². The van der Waals surface area contributed by atoms with E-state index in [2.05, 4.69) is 43.6 Å². The Hall–Kier alpha value is -1.72. The Labute approximate surface area is 156 Å². The first-order valence-electron chi connectivity index (χ1n) is 8.00. The molecular weight excluding hydrogens is 350 g/mol. The third kappa shape index (κ3) is 2.79. The molecule has 2 aromatic carbocycles. The molecule has 1 aliphatic carbocycles. The van der Waals surface area contributed by atoms with Gasteiger partial charge in [0, 0.05) is 20.8 Å². The van der Waals surface area contributed by atoms with E-state index in [0.29, 0.717) is 5.56 Å². The molecule has 0 atom stereocenters. The molecule has 25 heavy (non-hydrogen) atoms. The van der Waals surface area contributed by atoms with Crippen molar-refractivity contribution in [2.75, 3.05) is 12.5 Å². The predicted molar refractivity (Wildman–Crippen MR) is 107 cm³/mol. The summed E-state index contributed by atoms with van der Waals surface area (Å²) in [5.41, 5.74) is 5.35. The van der Waals surface area contributed by atoms with Crippen molar-refractivity contribution in [2.24, 2.45) is 5.16 Å². The highest BCUT2D eigenvalue weighted by molar-refractivity contribution is 8.01. The average molecular weight is 372 g/mol. The third-order valence-electron chi connectivity index (χ3n) is 4.92. The van der Waals surface area contributed by atoms with E-state index in [1.165, 1.54) is 33.4 Å². The standard InChI is InChI=1S/C20H21NO2S2/c1-11(21-23)19(22)12-6-7-13-14-9-17(24-4)18(25-5)10-16(14)20(2,3)15(13)8-12/h6-10,23H,1-5H3. The Morgan fingerprint density at radius 1 is 1.00 bits per heavy atom. The lowest BCUT2D eigenvalue weighted by atomic mass is 9.81. The van der Waals surface area contributed by atoms with Crippen LogP contribution in [0.25, 0.3) is 11.1 Å². The van der Waals surface area contributed by atoms with E-state index in [-0.39, 0.29) is 16.9 Å². The normalized spacial score (nSPS) is 15.0. The molecule has 130 valence electrons. The van der Waals surface area contributed by atoms with Crippen LogP contribution in [0.15, 0.2) is 45.3 Å². The minimum atomic E-state index is -0.244. The number of thioether (sulfide) groups is 2. The van der Waals surface area contributed by atoms with Gasteiger partial charge < -0.3 is 5.21 Å². The second-order valence-corrected chi connectivity index (χ2v) is 8.35. The van der Waals surface area contributed by atoms with Gasteiger partial charge in [-0.1, -0.05) is 31.1 Å². The lowest BCUT2D eigenvalue weighted by molar-refractivity contribution is 0.106. The van der Waals surface area contributed by atoms with Crippen LogP contribution in [-0.2, 0) is 5.41 Å². The van der Waals surface area contributed by atoms with E-state index in [4.69, 9.17) is 5.21 Å². The number of carbonyl (C=O) groups excluding carboxylic acids is 1. The van der Waals surface area contributed by atoms with E-state index in [1.807, 2.05) is 18.2 Å². The van der Waals surface area contributed by atoms with E-state index in [9.17, 15) is 4.79 Å². The van der Waals surface area contributed by atoms with Gasteiger partial charge in [0.15, 0.2) is 0 Å². The molecule has 0 spiro atoms. The Balaban J connectivity index is 2.20. The molecule has 0 radical (unpaired) electrons. The van der Waals surface area contributed by atoms with Gasteiger partial charge in [-0.05, 0) is 59.9 Å². The van der Waals surface area contributed by atoms with Crippen LogP contribution >= 0.6 is 23.5 Å². The number of benzene rings is 2. The Morgan fingerprint density at radius 2 is 1.60 bits per heavy atom. The minimum Gasteiger partial charge on any atom is -0.411 e. The van der Waals surface area contributed by atoms with Gasteiger partial charge in [0.2, 0.25) is 5.78 Å². The van der Waals surface area contributed by atoms with Gasteiger partial charge in [-0.25, -0.2) is 0 Å². The molecule has 0 saturated heterocycles. The summed E-state index contributed by atoms with van der Waals surface area (Å²) in [5, 5.41) is 11.9. The minimum absolute atomic E-state index is 0.0996. The van der Waals surface area contributed by atoms with E-state index >= 15 is 0 Å². The molecule has 1 N–H and O–H groups in total. The first-order valence-corrected chi connectivity index (χ1v) is 10.4.